The molecule has 1 heterocycles. The largest absolute Gasteiger partial charge is 0.325 e. The van der Waals surface area contributed by atoms with Crippen molar-refractivity contribution in [2.24, 2.45) is 0 Å². The lowest BCUT2D eigenvalue weighted by Crippen LogP contribution is -2.42. The minimum absolute atomic E-state index is 0.195. The highest BCUT2D eigenvalue weighted by Crippen LogP contribution is 2.33. The molecule has 1 aliphatic rings. The van der Waals surface area contributed by atoms with Gasteiger partial charge in [0.05, 0.1) is 11.6 Å². The maximum absolute atomic E-state index is 13.1. The van der Waals surface area contributed by atoms with Crippen molar-refractivity contribution in [3.05, 3.63) is 64.7 Å². The smallest absolute Gasteiger partial charge is 0.324 e. The summed E-state index contributed by atoms with van der Waals surface area (Å²) in [6, 6.07) is 13.8. The van der Waals surface area contributed by atoms with E-state index in [0.717, 1.165) is 21.7 Å². The number of imide groups is 1. The average molecular weight is 433 g/mol. The van der Waals surface area contributed by atoms with Gasteiger partial charge in [0.1, 0.15) is 12.1 Å². The van der Waals surface area contributed by atoms with Crippen LogP contribution in [0.15, 0.2) is 42.5 Å². The molecule has 4 amide bonds. The van der Waals surface area contributed by atoms with Gasteiger partial charge in [-0.3, -0.25) is 14.5 Å². The Balaban J connectivity index is 1.83. The van der Waals surface area contributed by atoms with Gasteiger partial charge in [-0.05, 0) is 47.6 Å². The van der Waals surface area contributed by atoms with Crippen LogP contribution in [0.3, 0.4) is 0 Å². The molecule has 0 bridgehead atoms. The predicted octanol–water partition coefficient (Wildman–Crippen LogP) is 4.21. The van der Waals surface area contributed by atoms with E-state index < -0.39 is 23.4 Å². The minimum atomic E-state index is -1.30. The summed E-state index contributed by atoms with van der Waals surface area (Å²) in [6.07, 6.45) is 0. The Bertz CT molecular complexity index is 1070. The third-order valence-electron chi connectivity index (χ3n) is 5.81. The Morgan fingerprint density at radius 3 is 2.12 bits per heavy atom. The lowest BCUT2D eigenvalue weighted by Gasteiger charge is -2.23. The van der Waals surface area contributed by atoms with Crippen LogP contribution in [-0.2, 0) is 15.1 Å². The molecular weight excluding hydrogens is 404 g/mol. The number of nitrogens with one attached hydrogen (secondary N) is 2. The monoisotopic (exact) mass is 432 g/mol. The molecule has 0 aromatic heterocycles. The standard InChI is InChI=1S/C25H28N4O3/c1-15(2)19-7-6-8-20(16(3)4)22(19)27-21(30)14-29-23(31)25(5,28-24(29)32)18-11-9-17(13-26)10-12-18/h6-12,15-16H,14H2,1-5H3,(H,27,30)(H,28,32). The molecule has 0 aliphatic carbocycles. The van der Waals surface area contributed by atoms with Gasteiger partial charge in [-0.2, -0.15) is 5.26 Å². The maximum atomic E-state index is 13.1. The molecule has 1 saturated heterocycles. The van der Waals surface area contributed by atoms with E-state index in [2.05, 4.69) is 38.3 Å². The Morgan fingerprint density at radius 1 is 1.06 bits per heavy atom. The van der Waals surface area contributed by atoms with Gasteiger partial charge in [-0.25, -0.2) is 4.79 Å². The molecule has 7 heteroatoms. The quantitative estimate of drug-likeness (QED) is 0.668. The Kier molecular flexibility index (Phi) is 6.35. The number of urea groups is 1. The number of amides is 4. The number of nitrogens with zero attached hydrogens (tertiary/aromatic N) is 2. The molecule has 2 aromatic rings. The first kappa shape index (κ1) is 23.0. The van der Waals surface area contributed by atoms with E-state index in [1.807, 2.05) is 24.3 Å². The van der Waals surface area contributed by atoms with Crippen LogP contribution in [0.5, 0.6) is 0 Å². The predicted molar refractivity (Wildman–Crippen MR) is 122 cm³/mol. The number of hydrogen-bond acceptors (Lipinski definition) is 4. The number of carbonyl (C=O) groups excluding carboxylic acids is 3. The number of benzene rings is 2. The van der Waals surface area contributed by atoms with Gasteiger partial charge in [0.15, 0.2) is 0 Å². The number of nitriles is 1. The van der Waals surface area contributed by atoms with E-state index in [1.165, 1.54) is 0 Å². The zero-order valence-corrected chi connectivity index (χ0v) is 19.0. The highest BCUT2D eigenvalue weighted by atomic mass is 16.2. The summed E-state index contributed by atoms with van der Waals surface area (Å²) in [5.41, 5.74) is 2.45. The second-order valence-electron chi connectivity index (χ2n) is 8.80. The van der Waals surface area contributed by atoms with Crippen molar-refractivity contribution in [1.29, 1.82) is 5.26 Å². The normalized spacial score (nSPS) is 18.1. The molecule has 1 unspecified atom stereocenters. The van der Waals surface area contributed by atoms with E-state index in [1.54, 1.807) is 31.2 Å². The molecule has 2 N–H and O–H groups in total. The van der Waals surface area contributed by atoms with Gasteiger partial charge >= 0.3 is 6.03 Å². The van der Waals surface area contributed by atoms with Gasteiger partial charge in [0, 0.05) is 5.69 Å². The van der Waals surface area contributed by atoms with Gasteiger partial charge in [0.2, 0.25) is 5.91 Å². The summed E-state index contributed by atoms with van der Waals surface area (Å²) in [7, 11) is 0. The summed E-state index contributed by atoms with van der Waals surface area (Å²) in [4.78, 5) is 39.6. The first-order chi connectivity index (χ1) is 15.1. The van der Waals surface area contributed by atoms with Crippen LogP contribution in [0.4, 0.5) is 10.5 Å². The lowest BCUT2D eigenvalue weighted by atomic mass is 9.91. The lowest BCUT2D eigenvalue weighted by molar-refractivity contribution is -0.133. The fourth-order valence-electron chi connectivity index (χ4n) is 3.93. The van der Waals surface area contributed by atoms with Gasteiger partial charge in [-0.1, -0.05) is 58.0 Å². The fraction of sp³-hybridized carbons (Fsp3) is 0.360. The molecule has 166 valence electrons. The minimum Gasteiger partial charge on any atom is -0.324 e. The first-order valence-electron chi connectivity index (χ1n) is 10.7. The van der Waals surface area contributed by atoms with Crippen molar-refractivity contribution in [1.82, 2.24) is 10.2 Å². The van der Waals surface area contributed by atoms with Gasteiger partial charge in [-0.15, -0.1) is 0 Å². The maximum Gasteiger partial charge on any atom is 0.325 e. The van der Waals surface area contributed by atoms with Crippen LogP contribution in [0, 0.1) is 11.3 Å². The summed E-state index contributed by atoms with van der Waals surface area (Å²) in [6.45, 7) is 9.41. The van der Waals surface area contributed by atoms with Crippen LogP contribution < -0.4 is 10.6 Å². The zero-order valence-electron chi connectivity index (χ0n) is 19.0. The van der Waals surface area contributed by atoms with Crippen LogP contribution >= 0.6 is 0 Å². The molecule has 2 aromatic carbocycles. The van der Waals surface area contributed by atoms with E-state index in [4.69, 9.17) is 5.26 Å². The van der Waals surface area contributed by atoms with Crippen LogP contribution in [-0.4, -0.2) is 29.3 Å². The zero-order chi connectivity index (χ0) is 23.6. The third kappa shape index (κ3) is 4.22. The highest BCUT2D eigenvalue weighted by Gasteiger charge is 2.49. The van der Waals surface area contributed by atoms with E-state index in [-0.39, 0.29) is 18.4 Å². The van der Waals surface area contributed by atoms with E-state index in [9.17, 15) is 14.4 Å². The Morgan fingerprint density at radius 2 is 1.62 bits per heavy atom. The Labute approximate surface area is 188 Å². The average Bonchev–Trinajstić information content (AvgIpc) is 2.97. The molecule has 0 spiro atoms. The molecular formula is C25H28N4O3. The fourth-order valence-corrected chi connectivity index (χ4v) is 3.93. The summed E-state index contributed by atoms with van der Waals surface area (Å²) < 4.78 is 0. The number of carbonyl (C=O) groups is 3. The number of rotatable bonds is 6. The molecule has 1 aliphatic heterocycles. The molecule has 32 heavy (non-hydrogen) atoms. The first-order valence-corrected chi connectivity index (χ1v) is 10.7. The summed E-state index contributed by atoms with van der Waals surface area (Å²) in [5, 5.41) is 14.6. The van der Waals surface area contributed by atoms with Crippen LogP contribution in [0.25, 0.3) is 0 Å². The van der Waals surface area contributed by atoms with E-state index >= 15 is 0 Å². The molecule has 1 atom stereocenters. The van der Waals surface area contributed by atoms with Gasteiger partial charge in [0.25, 0.3) is 5.91 Å². The number of hydrogen-bond donors (Lipinski definition) is 2. The SMILES string of the molecule is CC(C)c1cccc(C(C)C)c1NC(=O)CN1C(=O)NC(C)(c2ccc(C#N)cc2)C1=O. The molecule has 7 nitrogen and oxygen atoms in total. The number of anilines is 1. The topological polar surface area (TPSA) is 102 Å². The van der Waals surface area contributed by atoms with Crippen LogP contribution in [0.1, 0.15) is 68.7 Å². The van der Waals surface area contributed by atoms with Crippen molar-refractivity contribution in [3.8, 4) is 6.07 Å². The second kappa shape index (κ2) is 8.83. The van der Waals surface area contributed by atoms with Crippen molar-refractivity contribution < 1.29 is 14.4 Å². The highest BCUT2D eigenvalue weighted by molar-refractivity contribution is 6.10. The molecule has 0 saturated carbocycles. The number of para-hydroxylation sites is 1. The molecule has 1 fully saturated rings. The third-order valence-corrected chi connectivity index (χ3v) is 5.81. The van der Waals surface area contributed by atoms with Crippen molar-refractivity contribution in [3.63, 3.8) is 0 Å². The van der Waals surface area contributed by atoms with Gasteiger partial charge < -0.3 is 10.6 Å². The summed E-state index contributed by atoms with van der Waals surface area (Å²) in [5.74, 6) is -0.558. The molecule has 0 radical (unpaired) electrons. The van der Waals surface area contributed by atoms with Crippen molar-refractivity contribution in [2.75, 3.05) is 11.9 Å². The van der Waals surface area contributed by atoms with E-state index in [0.29, 0.717) is 11.1 Å². The summed E-state index contributed by atoms with van der Waals surface area (Å²) >= 11 is 0. The molecule has 3 rings (SSSR count). The second-order valence-corrected chi connectivity index (χ2v) is 8.80. The van der Waals surface area contributed by atoms with Crippen molar-refractivity contribution >= 4 is 23.5 Å². The van der Waals surface area contributed by atoms with Crippen LogP contribution in [0.2, 0.25) is 0 Å². The Hall–Kier alpha value is -3.66. The van der Waals surface area contributed by atoms with Crippen molar-refractivity contribution in [2.45, 2.75) is 52.0 Å².